The molecule has 3 heterocycles. The van der Waals surface area contributed by atoms with Crippen LogP contribution >= 0.6 is 34.0 Å². The van der Waals surface area contributed by atoms with Crippen LogP contribution < -0.4 is 0 Å². The number of rotatable bonds is 0. The van der Waals surface area contributed by atoms with Crippen LogP contribution in [0.5, 0.6) is 0 Å². The molecule has 0 aliphatic rings. The van der Waals surface area contributed by atoms with Crippen LogP contribution in [0.25, 0.3) is 30.6 Å². The van der Waals surface area contributed by atoms with E-state index >= 15 is 0 Å². The summed E-state index contributed by atoms with van der Waals surface area (Å²) in [5.74, 6) is 0. The zero-order valence-corrected chi connectivity index (χ0v) is 23.4. The highest BCUT2D eigenvalue weighted by molar-refractivity contribution is 7.19. The molecule has 178 valence electrons. The van der Waals surface area contributed by atoms with E-state index in [4.69, 9.17) is 0 Å². The molecule has 0 radical (unpaired) electrons. The van der Waals surface area contributed by atoms with E-state index in [-0.39, 0.29) is 0 Å². The molecule has 0 N–H and O–H groups in total. The Kier molecular flexibility index (Phi) is 11.8. The summed E-state index contributed by atoms with van der Waals surface area (Å²) in [6, 6.07) is 24.6. The zero-order chi connectivity index (χ0) is 24.9. The quantitative estimate of drug-likeness (QED) is 0.205. The molecule has 34 heavy (non-hydrogen) atoms. The van der Waals surface area contributed by atoms with E-state index < -0.39 is 0 Å². The summed E-state index contributed by atoms with van der Waals surface area (Å²) in [5, 5.41) is 3.42. The lowest BCUT2D eigenvalue weighted by molar-refractivity contribution is 1.35. The van der Waals surface area contributed by atoms with Crippen molar-refractivity contribution in [3.8, 4) is 0 Å². The lowest BCUT2D eigenvalue weighted by atomic mass is 10.3. The van der Waals surface area contributed by atoms with Gasteiger partial charge >= 0.3 is 0 Å². The molecule has 0 atom stereocenters. The predicted molar refractivity (Wildman–Crippen MR) is 156 cm³/mol. The molecule has 3 aromatic heterocycles. The Bertz CT molecular complexity index is 1130. The van der Waals surface area contributed by atoms with Crippen molar-refractivity contribution < 1.29 is 0 Å². The molecule has 0 spiro atoms. The van der Waals surface area contributed by atoms with E-state index in [0.29, 0.717) is 0 Å². The first-order valence-corrected chi connectivity index (χ1v) is 14.0. The van der Waals surface area contributed by atoms with E-state index in [0.717, 1.165) is 31.6 Å². The van der Waals surface area contributed by atoms with Gasteiger partial charge in [0.1, 0.15) is 0 Å². The molecule has 3 aromatic carbocycles. The fourth-order valence-electron chi connectivity index (χ4n) is 2.96. The number of para-hydroxylation sites is 3. The Hall–Kier alpha value is -2.67. The van der Waals surface area contributed by atoms with Crippen LogP contribution in [-0.4, -0.2) is 15.0 Å². The Morgan fingerprint density at radius 3 is 0.882 bits per heavy atom. The lowest BCUT2D eigenvalue weighted by Crippen LogP contribution is -1.65. The highest BCUT2D eigenvalue weighted by Crippen LogP contribution is 2.21. The predicted octanol–water partition coefficient (Wildman–Crippen LogP) is 9.87. The van der Waals surface area contributed by atoms with Crippen molar-refractivity contribution in [2.24, 2.45) is 0 Å². The normalized spacial score (nSPS) is 9.62. The molecule has 6 rings (SSSR count). The van der Waals surface area contributed by atoms with Gasteiger partial charge in [-0.05, 0) is 57.2 Å². The van der Waals surface area contributed by atoms with Gasteiger partial charge in [0.25, 0.3) is 0 Å². The van der Waals surface area contributed by atoms with Crippen LogP contribution in [0.3, 0.4) is 0 Å². The van der Waals surface area contributed by atoms with Gasteiger partial charge in [-0.1, -0.05) is 64.1 Å². The van der Waals surface area contributed by atoms with Gasteiger partial charge in [-0.2, -0.15) is 0 Å². The fraction of sp³-hybridized carbons (Fsp3) is 0.250. The average Bonchev–Trinajstić information content (AvgIpc) is 3.55. The third kappa shape index (κ3) is 7.97. The molecule has 6 heteroatoms. The molecule has 0 aliphatic carbocycles. The summed E-state index contributed by atoms with van der Waals surface area (Å²) in [7, 11) is 0. The number of hydrogen-bond acceptors (Lipinski definition) is 6. The second-order valence-electron chi connectivity index (χ2n) is 6.60. The van der Waals surface area contributed by atoms with E-state index in [1.165, 1.54) is 14.1 Å². The number of hydrogen-bond donors (Lipinski definition) is 0. The van der Waals surface area contributed by atoms with E-state index in [2.05, 4.69) is 33.2 Å². The minimum absolute atomic E-state index is 1.12. The Labute approximate surface area is 215 Å². The van der Waals surface area contributed by atoms with Crippen molar-refractivity contribution in [1.29, 1.82) is 0 Å². The molecule has 0 unspecified atom stereocenters. The van der Waals surface area contributed by atoms with Gasteiger partial charge in [0.2, 0.25) is 0 Å². The minimum atomic E-state index is 1.12. The fourth-order valence-corrected chi connectivity index (χ4v) is 5.44. The van der Waals surface area contributed by atoms with E-state index in [1.54, 1.807) is 34.0 Å². The monoisotopic (exact) mass is 507 g/mol. The van der Waals surface area contributed by atoms with Gasteiger partial charge in [-0.25, -0.2) is 15.0 Å². The molecule has 3 nitrogen and oxygen atoms in total. The zero-order valence-electron chi connectivity index (χ0n) is 21.0. The van der Waals surface area contributed by atoms with Crippen LogP contribution in [0.1, 0.15) is 42.7 Å². The number of nitrogens with zero attached hydrogens (tertiary/aromatic N) is 3. The largest absolute Gasteiger partial charge is 0.242 e. The maximum atomic E-state index is 4.33. The summed E-state index contributed by atoms with van der Waals surface area (Å²) >= 11 is 5.22. The standard InChI is InChI=1S/3C8H7NS.2C2H6/c3*1-6-9-7-4-2-3-5-8(7)10-6;2*1-2/h3*2-5H,1H3;2*1-2H3. The first kappa shape index (κ1) is 27.6. The van der Waals surface area contributed by atoms with Gasteiger partial charge in [0, 0.05) is 0 Å². The van der Waals surface area contributed by atoms with Gasteiger partial charge in [0.15, 0.2) is 0 Å². The Balaban J connectivity index is 0.000000168. The molecule has 0 aliphatic heterocycles. The SMILES string of the molecule is CC.CC.Cc1nc2ccccc2s1.Cc1nc2ccccc2s1.Cc1nc2ccccc2s1. The van der Waals surface area contributed by atoms with Crippen molar-refractivity contribution in [2.45, 2.75) is 48.5 Å². The van der Waals surface area contributed by atoms with Gasteiger partial charge in [-0.3, -0.25) is 0 Å². The summed E-state index contributed by atoms with van der Waals surface area (Å²) in [6.07, 6.45) is 0. The van der Waals surface area contributed by atoms with Gasteiger partial charge in [-0.15, -0.1) is 34.0 Å². The van der Waals surface area contributed by atoms with Gasteiger partial charge in [0.05, 0.1) is 45.7 Å². The molecule has 0 saturated heterocycles. The maximum Gasteiger partial charge on any atom is 0.0907 e. The third-order valence-corrected chi connectivity index (χ3v) is 7.06. The van der Waals surface area contributed by atoms with E-state index in [9.17, 15) is 0 Å². The third-order valence-electron chi connectivity index (χ3n) is 4.20. The Morgan fingerprint density at radius 2 is 0.647 bits per heavy atom. The lowest BCUT2D eigenvalue weighted by Gasteiger charge is -1.80. The number of benzene rings is 3. The molecule has 6 aromatic rings. The van der Waals surface area contributed by atoms with Crippen molar-refractivity contribution >= 4 is 64.7 Å². The second-order valence-corrected chi connectivity index (χ2v) is 10.3. The van der Waals surface area contributed by atoms with E-state index in [1.807, 2.05) is 103 Å². The maximum absolute atomic E-state index is 4.33. The molecule has 0 bridgehead atoms. The number of thiazole rings is 3. The van der Waals surface area contributed by atoms with Crippen molar-refractivity contribution in [2.75, 3.05) is 0 Å². The van der Waals surface area contributed by atoms with Gasteiger partial charge < -0.3 is 0 Å². The summed E-state index contributed by atoms with van der Waals surface area (Å²) in [5.41, 5.74) is 3.35. The average molecular weight is 508 g/mol. The first-order valence-electron chi connectivity index (χ1n) is 11.5. The van der Waals surface area contributed by atoms with Crippen LogP contribution in [0.4, 0.5) is 0 Å². The van der Waals surface area contributed by atoms with Crippen molar-refractivity contribution in [3.05, 3.63) is 87.8 Å². The van der Waals surface area contributed by atoms with Crippen LogP contribution in [0.2, 0.25) is 0 Å². The molecule has 0 saturated carbocycles. The molecule has 0 amide bonds. The molecular formula is C28H33N3S3. The minimum Gasteiger partial charge on any atom is -0.242 e. The Morgan fingerprint density at radius 1 is 0.412 bits per heavy atom. The van der Waals surface area contributed by atoms with Crippen LogP contribution in [-0.2, 0) is 0 Å². The number of fused-ring (bicyclic) bond motifs is 3. The number of aryl methyl sites for hydroxylation is 3. The topological polar surface area (TPSA) is 38.7 Å². The first-order chi connectivity index (χ1) is 16.6. The summed E-state index contributed by atoms with van der Waals surface area (Å²) in [6.45, 7) is 14.1. The summed E-state index contributed by atoms with van der Waals surface area (Å²) in [4.78, 5) is 13.0. The highest BCUT2D eigenvalue weighted by Gasteiger charge is 1.97. The van der Waals surface area contributed by atoms with Crippen molar-refractivity contribution in [3.63, 3.8) is 0 Å². The molecule has 0 fully saturated rings. The van der Waals surface area contributed by atoms with Crippen LogP contribution in [0, 0.1) is 20.8 Å². The smallest absolute Gasteiger partial charge is 0.0907 e. The molecular weight excluding hydrogens is 475 g/mol. The second kappa shape index (κ2) is 14.6. The van der Waals surface area contributed by atoms with Crippen LogP contribution in [0.15, 0.2) is 72.8 Å². The van der Waals surface area contributed by atoms with Crippen molar-refractivity contribution in [1.82, 2.24) is 15.0 Å². The summed E-state index contributed by atoms with van der Waals surface area (Å²) < 4.78 is 3.83. The highest BCUT2D eigenvalue weighted by atomic mass is 32.1. The number of aromatic nitrogens is 3.